The molecule has 0 unspecified atom stereocenters. The Labute approximate surface area is 172 Å². The van der Waals surface area contributed by atoms with Crippen LogP contribution < -0.4 is 10.2 Å². The normalized spacial score (nSPS) is 22.6. The average Bonchev–Trinajstić information content (AvgIpc) is 3.22. The van der Waals surface area contributed by atoms with E-state index in [1.807, 2.05) is 12.1 Å². The van der Waals surface area contributed by atoms with E-state index in [0.717, 1.165) is 57.5 Å². The Morgan fingerprint density at radius 1 is 1.03 bits per heavy atom. The second-order valence-electron chi connectivity index (χ2n) is 8.39. The quantitative estimate of drug-likeness (QED) is 0.811. The summed E-state index contributed by atoms with van der Waals surface area (Å²) in [6.45, 7) is 5.23. The van der Waals surface area contributed by atoms with E-state index in [-0.39, 0.29) is 17.6 Å². The Morgan fingerprint density at radius 3 is 2.72 bits per heavy atom. The predicted octanol–water partition coefficient (Wildman–Crippen LogP) is 3.68. The highest BCUT2D eigenvalue weighted by Crippen LogP contribution is 2.24. The molecule has 2 saturated heterocycles. The molecule has 2 atom stereocenters. The van der Waals surface area contributed by atoms with Crippen LogP contribution in [0.4, 0.5) is 10.1 Å². The van der Waals surface area contributed by atoms with Crippen molar-refractivity contribution in [1.82, 2.24) is 10.2 Å². The first kappa shape index (κ1) is 19.9. The maximum absolute atomic E-state index is 13.4. The summed E-state index contributed by atoms with van der Waals surface area (Å²) in [5.74, 6) is 0.511. The smallest absolute Gasteiger partial charge is 0.224 e. The fourth-order valence-electron chi connectivity index (χ4n) is 4.57. The third kappa shape index (κ3) is 5.36. The number of likely N-dealkylation sites (tertiary alicyclic amines) is 1. The van der Waals surface area contributed by atoms with Crippen molar-refractivity contribution in [2.24, 2.45) is 11.8 Å². The highest BCUT2D eigenvalue weighted by atomic mass is 19.1. The van der Waals surface area contributed by atoms with Crippen molar-refractivity contribution in [3.8, 4) is 0 Å². The molecule has 0 saturated carbocycles. The van der Waals surface area contributed by atoms with E-state index in [1.54, 1.807) is 12.1 Å². The number of hydrogen-bond acceptors (Lipinski definition) is 3. The van der Waals surface area contributed by atoms with Gasteiger partial charge < -0.3 is 10.2 Å². The summed E-state index contributed by atoms with van der Waals surface area (Å²) >= 11 is 0. The molecule has 0 radical (unpaired) electrons. The number of piperidine rings is 1. The molecule has 2 aliphatic rings. The summed E-state index contributed by atoms with van der Waals surface area (Å²) in [6, 6.07) is 17.2. The lowest BCUT2D eigenvalue weighted by atomic mass is 9.96. The molecule has 29 heavy (non-hydrogen) atoms. The van der Waals surface area contributed by atoms with Gasteiger partial charge in [-0.05, 0) is 61.6 Å². The van der Waals surface area contributed by atoms with Crippen LogP contribution in [0.5, 0.6) is 0 Å². The van der Waals surface area contributed by atoms with Gasteiger partial charge in [-0.25, -0.2) is 4.39 Å². The number of nitrogens with zero attached hydrogens (tertiary/aromatic N) is 2. The summed E-state index contributed by atoms with van der Waals surface area (Å²) in [6.07, 6.45) is 3.07. The van der Waals surface area contributed by atoms with Gasteiger partial charge in [-0.1, -0.05) is 30.3 Å². The molecule has 0 bridgehead atoms. The third-order valence-electron chi connectivity index (χ3n) is 6.14. The van der Waals surface area contributed by atoms with E-state index in [0.29, 0.717) is 12.5 Å². The average molecular weight is 396 g/mol. The highest BCUT2D eigenvalue weighted by molar-refractivity contribution is 5.79. The monoisotopic (exact) mass is 395 g/mol. The number of halogens is 1. The molecule has 0 aromatic heterocycles. The van der Waals surface area contributed by atoms with Crippen LogP contribution in [0.2, 0.25) is 0 Å². The van der Waals surface area contributed by atoms with Crippen LogP contribution in [0.1, 0.15) is 24.8 Å². The van der Waals surface area contributed by atoms with Crippen molar-refractivity contribution < 1.29 is 9.18 Å². The Kier molecular flexibility index (Phi) is 6.45. The van der Waals surface area contributed by atoms with E-state index >= 15 is 0 Å². The number of hydrogen-bond donors (Lipinski definition) is 1. The largest absolute Gasteiger partial charge is 0.371 e. The van der Waals surface area contributed by atoms with Gasteiger partial charge in [0.25, 0.3) is 0 Å². The summed E-state index contributed by atoms with van der Waals surface area (Å²) < 4.78 is 13.4. The molecule has 0 aliphatic carbocycles. The van der Waals surface area contributed by atoms with Crippen LogP contribution in [-0.2, 0) is 11.3 Å². The first-order valence-electron chi connectivity index (χ1n) is 10.7. The molecule has 5 heteroatoms. The highest BCUT2D eigenvalue weighted by Gasteiger charge is 2.28. The molecule has 2 aliphatic heterocycles. The minimum atomic E-state index is -0.199. The van der Waals surface area contributed by atoms with E-state index in [4.69, 9.17) is 0 Å². The molecule has 4 rings (SSSR count). The van der Waals surface area contributed by atoms with Gasteiger partial charge >= 0.3 is 0 Å². The molecule has 0 spiro atoms. The predicted molar refractivity (Wildman–Crippen MR) is 114 cm³/mol. The maximum atomic E-state index is 13.4. The molecular weight excluding hydrogens is 365 g/mol. The number of carbonyl (C=O) groups is 1. The number of nitrogens with one attached hydrogen (secondary N) is 1. The van der Waals surface area contributed by atoms with Crippen LogP contribution >= 0.6 is 0 Å². The number of para-hydroxylation sites is 1. The van der Waals surface area contributed by atoms with E-state index < -0.39 is 0 Å². The summed E-state index contributed by atoms with van der Waals surface area (Å²) in [4.78, 5) is 17.4. The van der Waals surface area contributed by atoms with E-state index in [9.17, 15) is 9.18 Å². The Hall–Kier alpha value is -2.40. The number of rotatable bonds is 6. The molecular formula is C24H30FN3O. The molecule has 1 N–H and O–H groups in total. The minimum absolute atomic E-state index is 0.0314. The van der Waals surface area contributed by atoms with Crippen molar-refractivity contribution >= 4 is 11.6 Å². The molecule has 2 aromatic rings. The SMILES string of the molecule is O=C(NC[C@@H]1CCN(c2ccccc2)C1)[C@@H]1CCCN(Cc2cccc(F)c2)C1. The number of amides is 1. The van der Waals surface area contributed by atoms with Gasteiger partial charge in [0.1, 0.15) is 5.82 Å². The van der Waals surface area contributed by atoms with Gasteiger partial charge in [-0.3, -0.25) is 9.69 Å². The van der Waals surface area contributed by atoms with Crippen molar-refractivity contribution in [3.63, 3.8) is 0 Å². The van der Waals surface area contributed by atoms with Crippen LogP contribution in [0.3, 0.4) is 0 Å². The first-order chi connectivity index (χ1) is 14.2. The lowest BCUT2D eigenvalue weighted by Gasteiger charge is -2.32. The van der Waals surface area contributed by atoms with Gasteiger partial charge in [-0.2, -0.15) is 0 Å². The third-order valence-corrected chi connectivity index (χ3v) is 6.14. The van der Waals surface area contributed by atoms with E-state index in [2.05, 4.69) is 39.4 Å². The maximum Gasteiger partial charge on any atom is 0.224 e. The number of carbonyl (C=O) groups excluding carboxylic acids is 1. The van der Waals surface area contributed by atoms with Gasteiger partial charge in [-0.15, -0.1) is 0 Å². The second kappa shape index (κ2) is 9.40. The van der Waals surface area contributed by atoms with Crippen LogP contribution in [0.15, 0.2) is 54.6 Å². The van der Waals surface area contributed by atoms with Crippen molar-refractivity contribution in [3.05, 3.63) is 66.0 Å². The summed E-state index contributed by atoms with van der Waals surface area (Å²) in [5, 5.41) is 3.21. The van der Waals surface area contributed by atoms with Crippen molar-refractivity contribution in [2.45, 2.75) is 25.8 Å². The Balaban J connectivity index is 1.23. The molecule has 2 heterocycles. The van der Waals surface area contributed by atoms with Gasteiger partial charge in [0, 0.05) is 38.4 Å². The minimum Gasteiger partial charge on any atom is -0.371 e. The van der Waals surface area contributed by atoms with Crippen LogP contribution in [0, 0.1) is 17.7 Å². The first-order valence-corrected chi connectivity index (χ1v) is 10.7. The molecule has 4 nitrogen and oxygen atoms in total. The number of anilines is 1. The van der Waals surface area contributed by atoms with Crippen molar-refractivity contribution in [2.75, 3.05) is 37.6 Å². The number of benzene rings is 2. The standard InChI is InChI=1S/C24H30FN3O/c25-22-8-4-6-19(14-22)16-27-12-5-7-21(18-27)24(29)26-15-20-11-13-28(17-20)23-9-2-1-3-10-23/h1-4,6,8-10,14,20-21H,5,7,11-13,15-18H2,(H,26,29)/t20-,21+/m0/s1. The van der Waals surface area contributed by atoms with E-state index in [1.165, 1.54) is 11.8 Å². The lowest BCUT2D eigenvalue weighted by Crippen LogP contribution is -2.44. The van der Waals surface area contributed by atoms with Crippen molar-refractivity contribution in [1.29, 1.82) is 0 Å². The zero-order chi connectivity index (χ0) is 20.1. The van der Waals surface area contributed by atoms with Crippen LogP contribution in [0.25, 0.3) is 0 Å². The Bertz CT molecular complexity index is 813. The zero-order valence-corrected chi connectivity index (χ0v) is 16.9. The topological polar surface area (TPSA) is 35.6 Å². The lowest BCUT2D eigenvalue weighted by molar-refractivity contribution is -0.126. The van der Waals surface area contributed by atoms with Gasteiger partial charge in [0.05, 0.1) is 5.92 Å². The fourth-order valence-corrected chi connectivity index (χ4v) is 4.57. The molecule has 1 amide bonds. The van der Waals surface area contributed by atoms with Gasteiger partial charge in [0.2, 0.25) is 5.91 Å². The molecule has 154 valence electrons. The van der Waals surface area contributed by atoms with Crippen LogP contribution in [-0.4, -0.2) is 43.5 Å². The Morgan fingerprint density at radius 2 is 1.90 bits per heavy atom. The zero-order valence-electron chi connectivity index (χ0n) is 16.9. The summed E-state index contributed by atoms with van der Waals surface area (Å²) in [5.41, 5.74) is 2.24. The molecule has 2 aromatic carbocycles. The fraction of sp³-hybridized carbons (Fsp3) is 0.458. The summed E-state index contributed by atoms with van der Waals surface area (Å²) in [7, 11) is 0. The van der Waals surface area contributed by atoms with Gasteiger partial charge in [0.15, 0.2) is 0 Å². The molecule has 2 fully saturated rings. The second-order valence-corrected chi connectivity index (χ2v) is 8.39.